The van der Waals surface area contributed by atoms with Crippen LogP contribution in [0.2, 0.25) is 0 Å². The van der Waals surface area contributed by atoms with Gasteiger partial charge in [-0.2, -0.15) is 10.2 Å². The Bertz CT molecular complexity index is 679. The predicted molar refractivity (Wildman–Crippen MR) is 93.8 cm³/mol. The zero-order valence-electron chi connectivity index (χ0n) is 15.2. The Morgan fingerprint density at radius 2 is 1.96 bits per heavy atom. The van der Waals surface area contributed by atoms with Crippen LogP contribution >= 0.6 is 0 Å². The lowest BCUT2D eigenvalue weighted by Gasteiger charge is -2.24. The third kappa shape index (κ3) is 4.25. The third-order valence-corrected chi connectivity index (χ3v) is 4.68. The number of nitrogens with zero attached hydrogens (tertiary/aromatic N) is 7. The maximum Gasteiger partial charge on any atom is 0.247 e. The summed E-state index contributed by atoms with van der Waals surface area (Å²) < 4.78 is 3.61. The van der Waals surface area contributed by atoms with Crippen molar-refractivity contribution in [3.63, 3.8) is 0 Å². The summed E-state index contributed by atoms with van der Waals surface area (Å²) in [6.07, 6.45) is 8.10. The second-order valence-corrected chi connectivity index (χ2v) is 6.93. The monoisotopic (exact) mass is 345 g/mol. The van der Waals surface area contributed by atoms with E-state index in [0.717, 1.165) is 39.1 Å². The van der Waals surface area contributed by atoms with E-state index in [2.05, 4.69) is 40.1 Å². The molecule has 3 heterocycles. The molecule has 1 saturated heterocycles. The summed E-state index contributed by atoms with van der Waals surface area (Å²) in [6.45, 7) is 10.4. The van der Waals surface area contributed by atoms with Crippen molar-refractivity contribution in [2.24, 2.45) is 0 Å². The normalized spacial score (nSPS) is 17.7. The number of rotatable bonds is 5. The molecule has 8 heteroatoms. The van der Waals surface area contributed by atoms with Gasteiger partial charge in [0.2, 0.25) is 5.91 Å². The van der Waals surface area contributed by atoms with Crippen molar-refractivity contribution in [2.75, 3.05) is 26.2 Å². The minimum Gasteiger partial charge on any atom is -0.340 e. The number of aromatic nitrogens is 5. The number of hydrogen-bond acceptors (Lipinski definition) is 5. The minimum absolute atomic E-state index is 0.111. The highest BCUT2D eigenvalue weighted by atomic mass is 16.2. The molecule has 0 bridgehead atoms. The van der Waals surface area contributed by atoms with Crippen molar-refractivity contribution in [1.29, 1.82) is 0 Å². The summed E-state index contributed by atoms with van der Waals surface area (Å²) >= 11 is 0. The maximum atomic E-state index is 12.7. The molecule has 1 amide bonds. The molecule has 25 heavy (non-hydrogen) atoms. The molecule has 0 N–H and O–H groups in total. The van der Waals surface area contributed by atoms with E-state index in [1.54, 1.807) is 11.0 Å². The molecule has 1 aliphatic heterocycles. The lowest BCUT2D eigenvalue weighted by Crippen LogP contribution is -2.39. The predicted octanol–water partition coefficient (Wildman–Crippen LogP) is 1.35. The van der Waals surface area contributed by atoms with Gasteiger partial charge >= 0.3 is 0 Å². The average molecular weight is 345 g/mol. The van der Waals surface area contributed by atoms with Gasteiger partial charge in [-0.25, -0.2) is 9.67 Å². The first-order chi connectivity index (χ1) is 12.0. The Morgan fingerprint density at radius 3 is 2.64 bits per heavy atom. The van der Waals surface area contributed by atoms with Crippen molar-refractivity contribution in [2.45, 2.75) is 45.8 Å². The van der Waals surface area contributed by atoms with E-state index >= 15 is 0 Å². The number of carbonyl (C=O) groups is 1. The fraction of sp³-hybridized carbons (Fsp3) is 0.647. The first-order valence-corrected chi connectivity index (χ1v) is 8.93. The smallest absolute Gasteiger partial charge is 0.247 e. The fourth-order valence-corrected chi connectivity index (χ4v) is 3.14. The van der Waals surface area contributed by atoms with Gasteiger partial charge in [0.15, 0.2) is 0 Å². The largest absolute Gasteiger partial charge is 0.340 e. The summed E-state index contributed by atoms with van der Waals surface area (Å²) in [6, 6.07) is 0.0718. The molecule has 3 rings (SSSR count). The van der Waals surface area contributed by atoms with Gasteiger partial charge in [-0.1, -0.05) is 0 Å². The van der Waals surface area contributed by atoms with Crippen molar-refractivity contribution in [3.05, 3.63) is 30.6 Å². The zero-order chi connectivity index (χ0) is 17.8. The van der Waals surface area contributed by atoms with Crippen LogP contribution in [-0.4, -0.2) is 66.4 Å². The molecule has 8 nitrogen and oxygen atoms in total. The molecule has 136 valence electrons. The van der Waals surface area contributed by atoms with Crippen molar-refractivity contribution >= 4 is 5.91 Å². The van der Waals surface area contributed by atoms with Crippen LogP contribution in [0.15, 0.2) is 25.0 Å². The van der Waals surface area contributed by atoms with E-state index in [1.807, 2.05) is 22.7 Å². The summed E-state index contributed by atoms with van der Waals surface area (Å²) in [5.74, 6) is 0.111. The van der Waals surface area contributed by atoms with E-state index in [-0.39, 0.29) is 11.9 Å². The molecule has 1 atom stereocenters. The molecule has 2 aromatic rings. The van der Waals surface area contributed by atoms with Crippen LogP contribution in [0.5, 0.6) is 0 Å². The van der Waals surface area contributed by atoms with Crippen LogP contribution in [0.1, 0.15) is 44.8 Å². The van der Waals surface area contributed by atoms with Gasteiger partial charge in [0.1, 0.15) is 18.7 Å². The number of hydrogen-bond donors (Lipinski definition) is 0. The second-order valence-electron chi connectivity index (χ2n) is 6.93. The van der Waals surface area contributed by atoms with Gasteiger partial charge in [0.25, 0.3) is 0 Å². The standard InChI is InChI=1S/C17H27N7O/c1-14(2)23-11-16(9-19-23)10-21-5-4-6-22(8-7-21)17(25)15(3)24-13-18-12-20-24/h9,11-15H,4-8,10H2,1-3H3/t15-/m0/s1. The average Bonchev–Trinajstić information content (AvgIpc) is 3.23. The van der Waals surface area contributed by atoms with Crippen LogP contribution in [0.25, 0.3) is 0 Å². The maximum absolute atomic E-state index is 12.7. The summed E-state index contributed by atoms with van der Waals surface area (Å²) in [5, 5.41) is 8.49. The van der Waals surface area contributed by atoms with Gasteiger partial charge in [-0.15, -0.1) is 0 Å². The highest BCUT2D eigenvalue weighted by Gasteiger charge is 2.25. The topological polar surface area (TPSA) is 72.1 Å². The third-order valence-electron chi connectivity index (χ3n) is 4.68. The van der Waals surface area contributed by atoms with Crippen LogP contribution in [-0.2, 0) is 11.3 Å². The molecule has 0 radical (unpaired) electrons. The Hall–Kier alpha value is -2.22. The molecule has 0 saturated carbocycles. The van der Waals surface area contributed by atoms with Crippen LogP contribution in [0.3, 0.4) is 0 Å². The molecule has 1 aliphatic rings. The van der Waals surface area contributed by atoms with Crippen LogP contribution < -0.4 is 0 Å². The minimum atomic E-state index is -0.307. The van der Waals surface area contributed by atoms with Gasteiger partial charge in [-0.05, 0) is 27.2 Å². The van der Waals surface area contributed by atoms with E-state index in [9.17, 15) is 4.79 Å². The zero-order valence-corrected chi connectivity index (χ0v) is 15.2. The summed E-state index contributed by atoms with van der Waals surface area (Å²) in [5.41, 5.74) is 1.23. The first-order valence-electron chi connectivity index (χ1n) is 8.93. The summed E-state index contributed by atoms with van der Waals surface area (Å²) in [4.78, 5) is 21.0. The van der Waals surface area contributed by atoms with Crippen molar-refractivity contribution in [1.82, 2.24) is 34.3 Å². The molecular weight excluding hydrogens is 318 g/mol. The Morgan fingerprint density at radius 1 is 1.12 bits per heavy atom. The molecular formula is C17H27N7O. The van der Waals surface area contributed by atoms with Gasteiger partial charge in [0, 0.05) is 50.5 Å². The van der Waals surface area contributed by atoms with Crippen LogP contribution in [0.4, 0.5) is 0 Å². The fourth-order valence-electron chi connectivity index (χ4n) is 3.14. The SMILES string of the molecule is CC(C)n1cc(CN2CCCN(C(=O)[C@H](C)n3cncn3)CC2)cn1. The van der Waals surface area contributed by atoms with Crippen LogP contribution in [0, 0.1) is 0 Å². The van der Waals surface area contributed by atoms with E-state index in [0.29, 0.717) is 6.04 Å². The Balaban J connectivity index is 1.55. The highest BCUT2D eigenvalue weighted by molar-refractivity contribution is 5.80. The van der Waals surface area contributed by atoms with E-state index in [1.165, 1.54) is 11.9 Å². The van der Waals surface area contributed by atoms with Crippen molar-refractivity contribution in [3.8, 4) is 0 Å². The molecule has 2 aromatic heterocycles. The van der Waals surface area contributed by atoms with E-state index < -0.39 is 0 Å². The van der Waals surface area contributed by atoms with Gasteiger partial charge in [0.05, 0.1) is 6.20 Å². The second kappa shape index (κ2) is 7.77. The van der Waals surface area contributed by atoms with Gasteiger partial charge < -0.3 is 4.90 Å². The highest BCUT2D eigenvalue weighted by Crippen LogP contribution is 2.14. The Labute approximate surface area is 148 Å². The molecule has 0 unspecified atom stereocenters. The molecule has 1 fully saturated rings. The number of amides is 1. The molecule has 0 spiro atoms. The Kier molecular flexibility index (Phi) is 5.47. The van der Waals surface area contributed by atoms with Crippen molar-refractivity contribution < 1.29 is 4.79 Å². The van der Waals surface area contributed by atoms with Gasteiger partial charge in [-0.3, -0.25) is 14.4 Å². The number of carbonyl (C=O) groups excluding carboxylic acids is 1. The molecule has 0 aliphatic carbocycles. The summed E-state index contributed by atoms with van der Waals surface area (Å²) in [7, 11) is 0. The van der Waals surface area contributed by atoms with E-state index in [4.69, 9.17) is 0 Å². The molecule has 0 aromatic carbocycles. The lowest BCUT2D eigenvalue weighted by atomic mass is 10.2. The quantitative estimate of drug-likeness (QED) is 0.818. The first kappa shape index (κ1) is 17.6. The lowest BCUT2D eigenvalue weighted by molar-refractivity contribution is -0.134.